The van der Waals surface area contributed by atoms with E-state index in [1.54, 1.807) is 0 Å². The molecule has 57 heavy (non-hydrogen) atoms. The number of rotatable bonds is 19. The molecular weight excluding hydrogens is 762 g/mol. The summed E-state index contributed by atoms with van der Waals surface area (Å²) in [6.07, 6.45) is -3.82. The number of thioether (sulfide) groups is 1. The van der Waals surface area contributed by atoms with Gasteiger partial charge in [-0.25, -0.2) is 4.79 Å². The van der Waals surface area contributed by atoms with E-state index in [0.717, 1.165) is 27.1 Å². The van der Waals surface area contributed by atoms with Crippen LogP contribution in [0.1, 0.15) is 29.2 Å². The molecule has 5 aromatic rings. The van der Waals surface area contributed by atoms with E-state index in [2.05, 4.69) is 5.32 Å². The molecule has 1 N–H and O–H groups in total. The first-order valence-corrected chi connectivity index (χ1v) is 20.1. The third-order valence-electron chi connectivity index (χ3n) is 9.48. The van der Waals surface area contributed by atoms with E-state index in [1.807, 2.05) is 152 Å². The van der Waals surface area contributed by atoms with Crippen molar-refractivity contribution in [2.24, 2.45) is 0 Å². The van der Waals surface area contributed by atoms with Crippen molar-refractivity contribution in [1.82, 2.24) is 5.32 Å². The first kappa shape index (κ1) is 42.1. The van der Waals surface area contributed by atoms with Crippen molar-refractivity contribution in [2.45, 2.75) is 79.0 Å². The van der Waals surface area contributed by atoms with Crippen LogP contribution in [-0.2, 0) is 64.4 Å². The summed E-state index contributed by atoms with van der Waals surface area (Å²) >= 11 is 8.81. The van der Waals surface area contributed by atoms with Crippen molar-refractivity contribution in [2.75, 3.05) is 13.7 Å². The van der Waals surface area contributed by atoms with Crippen LogP contribution in [0.15, 0.2) is 157 Å². The molecular formula is C46H48ClNO8S. The highest BCUT2D eigenvalue weighted by molar-refractivity contribution is 8.00. The molecule has 1 fully saturated rings. The maximum atomic E-state index is 14.1. The Labute approximate surface area is 343 Å². The van der Waals surface area contributed by atoms with Crippen LogP contribution in [0.5, 0.6) is 0 Å². The van der Waals surface area contributed by atoms with E-state index in [4.69, 9.17) is 40.0 Å². The standard InChI is InChI=1S/C46H48ClNO8S/c1-33(49)48-40-42(56-46(47,45(50)51-2)44(57-38-26-16-7-17-27-38)43(40)55-31-37-24-14-6-15-25-37)41(54-30-36-22-12-5-13-23-36)39(53-29-35-20-10-4-11-21-35)32-52-28-34-18-8-3-9-19-34/h3-27,39-44H,28-32H2,1-2H3,(H,48,49)/t39-,40?,41-,42?,43?,44?,46?/m1/s1. The Hall–Kier alpha value is -4.52. The third-order valence-corrected chi connectivity index (χ3v) is 11.5. The number of halogens is 1. The molecule has 0 aromatic heterocycles. The Morgan fingerprint density at radius 3 is 1.68 bits per heavy atom. The molecule has 5 aromatic carbocycles. The monoisotopic (exact) mass is 809 g/mol. The molecule has 1 amide bonds. The minimum atomic E-state index is -2.11. The van der Waals surface area contributed by atoms with E-state index in [-0.39, 0.29) is 32.3 Å². The number of benzene rings is 5. The molecule has 0 radical (unpaired) electrons. The average molecular weight is 810 g/mol. The van der Waals surface area contributed by atoms with Gasteiger partial charge in [0.1, 0.15) is 18.3 Å². The summed E-state index contributed by atoms with van der Waals surface area (Å²) in [6.45, 7) is 2.31. The van der Waals surface area contributed by atoms with Gasteiger partial charge in [0.2, 0.25) is 5.91 Å². The van der Waals surface area contributed by atoms with E-state index < -0.39 is 46.7 Å². The van der Waals surface area contributed by atoms with Crippen LogP contribution in [0, 0.1) is 0 Å². The van der Waals surface area contributed by atoms with E-state index >= 15 is 0 Å². The fourth-order valence-corrected chi connectivity index (χ4v) is 8.44. The maximum Gasteiger partial charge on any atom is 0.355 e. The first-order chi connectivity index (χ1) is 27.8. The SMILES string of the molecule is COC(=O)C1(Cl)OC([C@H](OCc2ccccc2)[C@@H](COCc2ccccc2)OCc2ccccc2)C(NC(C)=O)C(OCc2ccccc2)C1Sc1ccccc1. The van der Waals surface area contributed by atoms with Crippen LogP contribution in [0.25, 0.3) is 0 Å². The zero-order valence-corrected chi connectivity index (χ0v) is 33.6. The first-order valence-electron chi connectivity index (χ1n) is 18.9. The number of esters is 1. The summed E-state index contributed by atoms with van der Waals surface area (Å²) < 4.78 is 39.0. The number of nitrogens with one attached hydrogen (secondary N) is 1. The maximum absolute atomic E-state index is 14.1. The van der Waals surface area contributed by atoms with Gasteiger partial charge in [-0.05, 0) is 34.4 Å². The summed E-state index contributed by atoms with van der Waals surface area (Å²) in [5.41, 5.74) is 3.69. The summed E-state index contributed by atoms with van der Waals surface area (Å²) in [4.78, 5) is 28.1. The molecule has 7 atom stereocenters. The second kappa shape index (κ2) is 21.3. The van der Waals surface area contributed by atoms with Gasteiger partial charge in [0.05, 0.1) is 57.5 Å². The van der Waals surface area contributed by atoms with Gasteiger partial charge in [0.25, 0.3) is 5.06 Å². The number of alkyl halides is 1. The number of carbonyl (C=O) groups excluding carboxylic acids is 2. The Morgan fingerprint density at radius 2 is 1.18 bits per heavy atom. The number of methoxy groups -OCH3 is 1. The average Bonchev–Trinajstić information content (AvgIpc) is 3.25. The Bertz CT molecular complexity index is 1950. The van der Waals surface area contributed by atoms with Crippen LogP contribution < -0.4 is 5.32 Å². The fourth-order valence-electron chi connectivity index (χ4n) is 6.71. The fraction of sp³-hybridized carbons (Fsp3) is 0.304. The quantitative estimate of drug-likeness (QED) is 0.0655. The second-order valence-corrected chi connectivity index (χ2v) is 15.4. The second-order valence-electron chi connectivity index (χ2n) is 13.7. The lowest BCUT2D eigenvalue weighted by molar-refractivity contribution is -0.230. The van der Waals surface area contributed by atoms with E-state index in [1.165, 1.54) is 25.8 Å². The number of ether oxygens (including phenoxy) is 6. The van der Waals surface area contributed by atoms with Crippen molar-refractivity contribution >= 4 is 35.2 Å². The predicted octanol–water partition coefficient (Wildman–Crippen LogP) is 8.13. The lowest BCUT2D eigenvalue weighted by Gasteiger charge is -2.51. The molecule has 1 aliphatic heterocycles. The number of hydrogen-bond acceptors (Lipinski definition) is 9. The molecule has 0 saturated carbocycles. The van der Waals surface area contributed by atoms with Gasteiger partial charge in [-0.15, -0.1) is 11.8 Å². The molecule has 6 rings (SSSR count). The number of amides is 1. The third kappa shape index (κ3) is 11.8. The topological polar surface area (TPSA) is 102 Å². The molecule has 298 valence electrons. The molecule has 1 heterocycles. The van der Waals surface area contributed by atoms with Crippen LogP contribution in [0.2, 0.25) is 0 Å². The van der Waals surface area contributed by atoms with Gasteiger partial charge in [-0.1, -0.05) is 151 Å². The van der Waals surface area contributed by atoms with Crippen molar-refractivity contribution in [3.63, 3.8) is 0 Å². The van der Waals surface area contributed by atoms with Gasteiger partial charge in [0, 0.05) is 11.8 Å². The number of carbonyl (C=O) groups is 2. The minimum Gasteiger partial charge on any atom is -0.466 e. The molecule has 0 spiro atoms. The van der Waals surface area contributed by atoms with Crippen LogP contribution in [-0.4, -0.2) is 66.4 Å². The zero-order chi connectivity index (χ0) is 39.9. The summed E-state index contributed by atoms with van der Waals surface area (Å²) in [6, 6.07) is 47.6. The van der Waals surface area contributed by atoms with Crippen LogP contribution >= 0.6 is 23.4 Å². The molecule has 0 aliphatic carbocycles. The normalized spacial score (nSPS) is 21.6. The summed E-state index contributed by atoms with van der Waals surface area (Å²) in [5, 5.41) is 0.0990. The van der Waals surface area contributed by atoms with E-state index in [0.29, 0.717) is 6.61 Å². The largest absolute Gasteiger partial charge is 0.466 e. The van der Waals surface area contributed by atoms with Crippen molar-refractivity contribution in [1.29, 1.82) is 0 Å². The van der Waals surface area contributed by atoms with Crippen LogP contribution in [0.3, 0.4) is 0 Å². The molecule has 5 unspecified atom stereocenters. The molecule has 0 bridgehead atoms. The lowest BCUT2D eigenvalue weighted by atomic mass is 9.88. The minimum absolute atomic E-state index is 0.0685. The lowest BCUT2D eigenvalue weighted by Crippen LogP contribution is -2.72. The Morgan fingerprint density at radius 1 is 0.702 bits per heavy atom. The molecule has 9 nitrogen and oxygen atoms in total. The Balaban J connectivity index is 1.45. The van der Waals surface area contributed by atoms with Gasteiger partial charge in [0.15, 0.2) is 0 Å². The molecule has 1 saturated heterocycles. The van der Waals surface area contributed by atoms with E-state index in [9.17, 15) is 9.59 Å². The van der Waals surface area contributed by atoms with Crippen molar-refractivity contribution in [3.8, 4) is 0 Å². The van der Waals surface area contributed by atoms with Crippen molar-refractivity contribution in [3.05, 3.63) is 174 Å². The Kier molecular flexibility index (Phi) is 15.7. The summed E-state index contributed by atoms with van der Waals surface area (Å²) in [7, 11) is 1.27. The predicted molar refractivity (Wildman–Crippen MR) is 220 cm³/mol. The van der Waals surface area contributed by atoms with Gasteiger partial charge in [-0.3, -0.25) is 4.79 Å². The smallest absolute Gasteiger partial charge is 0.355 e. The summed E-state index contributed by atoms with van der Waals surface area (Å²) in [5.74, 6) is -1.16. The number of hydrogen-bond donors (Lipinski definition) is 1. The highest BCUT2D eigenvalue weighted by Gasteiger charge is 2.62. The van der Waals surface area contributed by atoms with Gasteiger partial charge in [-0.2, -0.15) is 0 Å². The van der Waals surface area contributed by atoms with Crippen LogP contribution in [0.4, 0.5) is 0 Å². The molecule has 1 aliphatic rings. The van der Waals surface area contributed by atoms with Crippen molar-refractivity contribution < 1.29 is 38.0 Å². The van der Waals surface area contributed by atoms with Gasteiger partial charge >= 0.3 is 5.97 Å². The van der Waals surface area contributed by atoms with Gasteiger partial charge < -0.3 is 33.7 Å². The zero-order valence-electron chi connectivity index (χ0n) is 32.0. The highest BCUT2D eigenvalue weighted by atomic mass is 35.5. The highest BCUT2D eigenvalue weighted by Crippen LogP contribution is 2.47. The molecule has 11 heteroatoms.